The maximum absolute atomic E-state index is 14.6. The molecule has 53 heavy (non-hydrogen) atoms. The van der Waals surface area contributed by atoms with Crippen LogP contribution >= 0.6 is 39.1 Å². The topological polar surface area (TPSA) is 121 Å². The summed E-state index contributed by atoms with van der Waals surface area (Å²) in [5.74, 6) is -7.39. The third-order valence-electron chi connectivity index (χ3n) is 10.9. The smallest absolute Gasteiger partial charge is 0.258 e. The Labute approximate surface area is 321 Å². The molecule has 6 unspecified atom stereocenters. The fourth-order valence-corrected chi connectivity index (χ4v) is 9.86. The van der Waals surface area contributed by atoms with Crippen molar-refractivity contribution in [3.05, 3.63) is 130 Å². The normalized spacial score (nSPS) is 27.7. The summed E-state index contributed by atoms with van der Waals surface area (Å²) in [7, 11) is 1.35. The summed E-state index contributed by atoms with van der Waals surface area (Å²) >= 11 is 18.2. The number of anilines is 2. The second-order valence-electron chi connectivity index (χ2n) is 13.6. The van der Waals surface area contributed by atoms with E-state index in [1.165, 1.54) is 25.3 Å². The lowest BCUT2D eigenvalue weighted by atomic mass is 9.56. The molecule has 2 aliphatic carbocycles. The third-order valence-corrected chi connectivity index (χ3v) is 12.9. The molecule has 0 spiro atoms. The number of rotatable bonds is 6. The SMILES string of the molecule is COc1cc(C2C3=CCC4C(=O)N(c5ccc(C(=O)c6ccccc6)cc5)C(=O)C4C3CC3(Cl)C(=O)N(c4ccc(F)cc4)C(=O)C23Cl)cc(Br)c1O. The molecule has 4 aliphatic rings. The number of imide groups is 2. The minimum atomic E-state index is -2.16. The van der Waals surface area contributed by atoms with Gasteiger partial charge in [-0.1, -0.05) is 42.0 Å². The Morgan fingerprint density at radius 2 is 1.47 bits per heavy atom. The fraction of sp³-hybridized carbons (Fsp3) is 0.225. The summed E-state index contributed by atoms with van der Waals surface area (Å²) in [6.45, 7) is 0. The molecular formula is C40H28BrCl2FN2O7. The van der Waals surface area contributed by atoms with Gasteiger partial charge in [0.2, 0.25) is 11.8 Å². The molecule has 4 amide bonds. The first-order valence-corrected chi connectivity index (χ1v) is 18.2. The van der Waals surface area contributed by atoms with E-state index in [4.69, 9.17) is 27.9 Å². The van der Waals surface area contributed by atoms with E-state index < -0.39 is 62.9 Å². The molecule has 3 fully saturated rings. The van der Waals surface area contributed by atoms with Crippen molar-refractivity contribution < 1.29 is 38.2 Å². The Morgan fingerprint density at radius 1 is 0.849 bits per heavy atom. The minimum Gasteiger partial charge on any atom is -0.503 e. The van der Waals surface area contributed by atoms with Crippen LogP contribution in [0.15, 0.2) is 107 Å². The van der Waals surface area contributed by atoms with Crippen LogP contribution in [0.5, 0.6) is 11.5 Å². The van der Waals surface area contributed by atoms with E-state index in [9.17, 15) is 33.5 Å². The number of methoxy groups -OCH3 is 1. The van der Waals surface area contributed by atoms with Crippen molar-refractivity contribution in [2.24, 2.45) is 17.8 Å². The van der Waals surface area contributed by atoms with Crippen molar-refractivity contribution in [1.82, 2.24) is 0 Å². The van der Waals surface area contributed by atoms with Crippen LogP contribution in [0, 0.1) is 23.6 Å². The number of hydrogen-bond acceptors (Lipinski definition) is 7. The molecule has 1 N–H and O–H groups in total. The van der Waals surface area contributed by atoms with Gasteiger partial charge in [0, 0.05) is 17.0 Å². The first kappa shape index (κ1) is 35.2. The lowest BCUT2D eigenvalue weighted by molar-refractivity contribution is -0.125. The van der Waals surface area contributed by atoms with Gasteiger partial charge in [0.15, 0.2) is 27.0 Å². The number of ketones is 1. The maximum Gasteiger partial charge on any atom is 0.258 e. The van der Waals surface area contributed by atoms with Gasteiger partial charge >= 0.3 is 0 Å². The number of carbonyl (C=O) groups is 5. The molecule has 4 aromatic rings. The number of benzene rings is 4. The van der Waals surface area contributed by atoms with Gasteiger partial charge in [-0.15, -0.1) is 23.2 Å². The molecule has 0 radical (unpaired) electrons. The number of hydrogen-bond donors (Lipinski definition) is 1. The van der Waals surface area contributed by atoms with Gasteiger partial charge in [0.1, 0.15) is 5.82 Å². The van der Waals surface area contributed by atoms with Gasteiger partial charge in [-0.2, -0.15) is 0 Å². The Hall–Kier alpha value is -4.84. The number of halogens is 4. The zero-order valence-electron chi connectivity index (χ0n) is 27.8. The van der Waals surface area contributed by atoms with Crippen molar-refractivity contribution in [1.29, 1.82) is 0 Å². The Bertz CT molecular complexity index is 2290. The highest BCUT2D eigenvalue weighted by Crippen LogP contribution is 2.66. The predicted molar refractivity (Wildman–Crippen MR) is 198 cm³/mol. The highest BCUT2D eigenvalue weighted by Gasteiger charge is 2.76. The van der Waals surface area contributed by atoms with Crippen LogP contribution in [-0.2, 0) is 19.2 Å². The first-order valence-electron chi connectivity index (χ1n) is 16.7. The highest BCUT2D eigenvalue weighted by atomic mass is 79.9. The number of amides is 4. The number of allylic oxidation sites excluding steroid dienone is 2. The Balaban J connectivity index is 1.22. The molecule has 13 heteroatoms. The average Bonchev–Trinajstić information content (AvgIpc) is 3.50. The number of phenols is 1. The van der Waals surface area contributed by atoms with E-state index >= 15 is 0 Å². The van der Waals surface area contributed by atoms with Gasteiger partial charge in [0.25, 0.3) is 11.8 Å². The van der Waals surface area contributed by atoms with E-state index in [1.807, 2.05) is 0 Å². The first-order chi connectivity index (χ1) is 25.3. The van der Waals surface area contributed by atoms with Gasteiger partial charge in [0.05, 0.1) is 34.8 Å². The van der Waals surface area contributed by atoms with Crippen LogP contribution < -0.4 is 14.5 Å². The number of alkyl halides is 2. The highest BCUT2D eigenvalue weighted by molar-refractivity contribution is 9.10. The summed E-state index contributed by atoms with van der Waals surface area (Å²) in [6, 6.07) is 22.7. The number of ether oxygens (including phenoxy) is 1. The quantitative estimate of drug-likeness (QED) is 0.0939. The number of phenolic OH excluding ortho intramolecular Hbond substituents is 1. The van der Waals surface area contributed by atoms with Gasteiger partial charge < -0.3 is 9.84 Å². The summed E-state index contributed by atoms with van der Waals surface area (Å²) < 4.78 is 19.6. The molecule has 6 atom stereocenters. The van der Waals surface area contributed by atoms with Crippen LogP contribution in [0.4, 0.5) is 15.8 Å². The van der Waals surface area contributed by atoms with Crippen LogP contribution in [0.3, 0.4) is 0 Å². The second kappa shape index (κ2) is 12.6. The fourth-order valence-electron chi connectivity index (χ4n) is 8.46. The van der Waals surface area contributed by atoms with Crippen LogP contribution in [0.25, 0.3) is 0 Å². The summed E-state index contributed by atoms with van der Waals surface area (Å²) in [4.78, 5) is 68.4. The van der Waals surface area contributed by atoms with E-state index in [0.717, 1.165) is 21.9 Å². The molecule has 1 saturated carbocycles. The zero-order chi connectivity index (χ0) is 37.6. The number of aromatic hydroxyl groups is 1. The minimum absolute atomic E-state index is 0.0471. The zero-order valence-corrected chi connectivity index (χ0v) is 30.9. The lowest BCUT2D eigenvalue weighted by Crippen LogP contribution is -2.60. The summed E-state index contributed by atoms with van der Waals surface area (Å²) in [5, 5.41) is 10.7. The van der Waals surface area contributed by atoms with Gasteiger partial charge in [-0.3, -0.25) is 28.9 Å². The molecule has 9 nitrogen and oxygen atoms in total. The molecule has 0 bridgehead atoms. The number of fused-ring (bicyclic) bond motifs is 4. The Morgan fingerprint density at radius 3 is 2.13 bits per heavy atom. The molecular weight excluding hydrogens is 790 g/mol. The van der Waals surface area contributed by atoms with Crippen molar-refractivity contribution in [2.75, 3.05) is 16.9 Å². The molecule has 2 aliphatic heterocycles. The van der Waals surface area contributed by atoms with Crippen molar-refractivity contribution >= 4 is 79.9 Å². The largest absolute Gasteiger partial charge is 0.503 e. The number of carbonyl (C=O) groups excluding carboxylic acids is 5. The molecule has 4 aromatic carbocycles. The number of nitrogens with zero attached hydrogens (tertiary/aromatic N) is 2. The second-order valence-corrected chi connectivity index (χ2v) is 15.7. The Kier molecular flexibility index (Phi) is 8.40. The molecule has 2 heterocycles. The summed E-state index contributed by atoms with van der Waals surface area (Å²) in [6.07, 6.45) is 1.65. The lowest BCUT2D eigenvalue weighted by Gasteiger charge is -2.50. The van der Waals surface area contributed by atoms with E-state index in [-0.39, 0.29) is 46.0 Å². The maximum atomic E-state index is 14.6. The van der Waals surface area contributed by atoms with Crippen molar-refractivity contribution in [3.8, 4) is 11.5 Å². The van der Waals surface area contributed by atoms with Gasteiger partial charge in [-0.05, 0) is 101 Å². The van der Waals surface area contributed by atoms with Crippen LogP contribution in [-0.4, -0.2) is 51.4 Å². The monoisotopic (exact) mass is 816 g/mol. The average molecular weight is 818 g/mol. The van der Waals surface area contributed by atoms with Crippen LogP contribution in [0.2, 0.25) is 0 Å². The molecule has 8 rings (SSSR count). The van der Waals surface area contributed by atoms with Gasteiger partial charge in [-0.25, -0.2) is 9.29 Å². The van der Waals surface area contributed by atoms with Crippen molar-refractivity contribution in [3.63, 3.8) is 0 Å². The van der Waals surface area contributed by atoms with E-state index in [2.05, 4.69) is 15.9 Å². The molecule has 268 valence electrons. The van der Waals surface area contributed by atoms with E-state index in [0.29, 0.717) is 22.3 Å². The summed E-state index contributed by atoms with van der Waals surface area (Å²) in [5.41, 5.74) is 2.10. The standard InChI is InChI=1S/C40H28BrCl2FN2O7/c1-53-30-18-22(17-29(41)34(30)48)32-26-15-16-27-31(28(26)19-39(42)37(51)46(38(52)40(32,39)43)25-13-9-23(44)10-14-25)36(50)45(35(27)49)24-11-7-21(8-12-24)33(47)20-5-3-2-4-6-20/h2-15,17-18,27-28,31-32,48H,16,19H2,1H3. The molecule has 2 saturated heterocycles. The van der Waals surface area contributed by atoms with E-state index in [1.54, 1.807) is 66.7 Å². The van der Waals surface area contributed by atoms with Crippen molar-refractivity contribution in [2.45, 2.75) is 28.5 Å². The van der Waals surface area contributed by atoms with Crippen LogP contribution in [0.1, 0.15) is 40.2 Å². The molecule has 0 aromatic heterocycles. The predicted octanol–water partition coefficient (Wildman–Crippen LogP) is 7.30. The third kappa shape index (κ3) is 5.04.